The molecule has 1 aromatic rings. The lowest BCUT2D eigenvalue weighted by Gasteiger charge is -2.21. The van der Waals surface area contributed by atoms with Gasteiger partial charge in [-0.25, -0.2) is 0 Å². The van der Waals surface area contributed by atoms with Crippen LogP contribution in [-0.2, 0) is 4.79 Å². The van der Waals surface area contributed by atoms with Crippen LogP contribution < -0.4 is 0 Å². The van der Waals surface area contributed by atoms with Crippen LogP contribution in [0.3, 0.4) is 0 Å². The van der Waals surface area contributed by atoms with Gasteiger partial charge in [0.1, 0.15) is 0 Å². The predicted molar refractivity (Wildman–Crippen MR) is 74.0 cm³/mol. The fourth-order valence-corrected chi connectivity index (χ4v) is 2.91. The molecule has 0 spiro atoms. The third-order valence-corrected chi connectivity index (χ3v) is 4.34. The number of carbonyl (C=O) groups is 1. The quantitative estimate of drug-likeness (QED) is 0.816. The highest BCUT2D eigenvalue weighted by atomic mass is 35.5. The molecule has 5 heteroatoms. The Kier molecular flexibility index (Phi) is 4.92. The molecule has 18 heavy (non-hydrogen) atoms. The maximum absolute atomic E-state index is 12.1. The summed E-state index contributed by atoms with van der Waals surface area (Å²) in [5.41, 5.74) is 0. The molecule has 0 saturated heterocycles. The van der Waals surface area contributed by atoms with E-state index in [1.165, 1.54) is 11.8 Å². The van der Waals surface area contributed by atoms with Gasteiger partial charge < -0.3 is 10.0 Å². The highest BCUT2D eigenvalue weighted by Gasteiger charge is 2.31. The molecule has 1 amide bonds. The average Bonchev–Trinajstić information content (AvgIpc) is 3.19. The molecule has 0 aliphatic heterocycles. The van der Waals surface area contributed by atoms with Gasteiger partial charge in [0.25, 0.3) is 0 Å². The molecule has 1 aliphatic carbocycles. The van der Waals surface area contributed by atoms with Crippen LogP contribution in [0.15, 0.2) is 29.2 Å². The van der Waals surface area contributed by atoms with Crippen LogP contribution in [-0.4, -0.2) is 40.9 Å². The summed E-state index contributed by atoms with van der Waals surface area (Å²) in [4.78, 5) is 14.8. The average molecular weight is 286 g/mol. The topological polar surface area (TPSA) is 40.5 Å². The molecular formula is C13H16ClNO2S. The first-order valence-electron chi connectivity index (χ1n) is 6.00. The van der Waals surface area contributed by atoms with Crippen molar-refractivity contribution in [1.82, 2.24) is 4.90 Å². The van der Waals surface area contributed by atoms with Crippen LogP contribution >= 0.6 is 23.4 Å². The van der Waals surface area contributed by atoms with Crippen LogP contribution in [0.2, 0.25) is 5.02 Å². The minimum absolute atomic E-state index is 0.0268. The van der Waals surface area contributed by atoms with Crippen molar-refractivity contribution in [3.63, 3.8) is 0 Å². The van der Waals surface area contributed by atoms with E-state index in [1.54, 1.807) is 4.90 Å². The second kappa shape index (κ2) is 6.45. The summed E-state index contributed by atoms with van der Waals surface area (Å²) in [5, 5.41) is 9.65. The van der Waals surface area contributed by atoms with Crippen molar-refractivity contribution in [3.05, 3.63) is 29.3 Å². The van der Waals surface area contributed by atoms with E-state index in [-0.39, 0.29) is 12.5 Å². The van der Waals surface area contributed by atoms with Gasteiger partial charge in [-0.3, -0.25) is 4.79 Å². The molecule has 3 nitrogen and oxygen atoms in total. The number of amides is 1. The Morgan fingerprint density at radius 3 is 2.78 bits per heavy atom. The van der Waals surface area contributed by atoms with Gasteiger partial charge in [-0.2, -0.15) is 0 Å². The summed E-state index contributed by atoms with van der Waals surface area (Å²) >= 11 is 7.49. The number of aliphatic hydroxyl groups excluding tert-OH is 1. The molecule has 0 bridgehead atoms. The Hall–Kier alpha value is -0.710. The summed E-state index contributed by atoms with van der Waals surface area (Å²) in [5.74, 6) is 0.455. The third-order valence-electron chi connectivity index (χ3n) is 2.84. The predicted octanol–water partition coefficient (Wildman–Crippen LogP) is 2.42. The molecule has 1 aromatic carbocycles. The number of hydrogen-bond donors (Lipinski definition) is 1. The summed E-state index contributed by atoms with van der Waals surface area (Å²) in [6, 6.07) is 7.85. The molecule has 2 rings (SSSR count). The molecule has 0 radical (unpaired) electrons. The van der Waals surface area contributed by atoms with Crippen molar-refractivity contribution < 1.29 is 9.90 Å². The Labute approximate surface area is 116 Å². The zero-order valence-electron chi connectivity index (χ0n) is 10.0. The van der Waals surface area contributed by atoms with Crippen LogP contribution in [0.4, 0.5) is 0 Å². The maximum Gasteiger partial charge on any atom is 0.233 e. The minimum Gasteiger partial charge on any atom is -0.395 e. The van der Waals surface area contributed by atoms with Crippen molar-refractivity contribution in [1.29, 1.82) is 0 Å². The highest BCUT2D eigenvalue weighted by Crippen LogP contribution is 2.30. The van der Waals surface area contributed by atoms with Crippen molar-refractivity contribution >= 4 is 29.3 Å². The second-order valence-corrected chi connectivity index (χ2v) is 5.69. The van der Waals surface area contributed by atoms with Gasteiger partial charge in [0.2, 0.25) is 5.91 Å². The smallest absolute Gasteiger partial charge is 0.233 e. The van der Waals surface area contributed by atoms with E-state index in [4.69, 9.17) is 16.7 Å². The van der Waals surface area contributed by atoms with Crippen molar-refractivity contribution in [2.75, 3.05) is 18.9 Å². The van der Waals surface area contributed by atoms with Gasteiger partial charge in [-0.1, -0.05) is 23.7 Å². The van der Waals surface area contributed by atoms with E-state index >= 15 is 0 Å². The number of benzene rings is 1. The van der Waals surface area contributed by atoms with E-state index in [0.29, 0.717) is 23.4 Å². The SMILES string of the molecule is O=C(CSc1ccccc1Cl)N(CCO)C1CC1. The molecule has 1 saturated carbocycles. The van der Waals surface area contributed by atoms with Crippen LogP contribution in [0.25, 0.3) is 0 Å². The van der Waals surface area contributed by atoms with Crippen molar-refractivity contribution in [2.45, 2.75) is 23.8 Å². The number of halogens is 1. The molecule has 1 N–H and O–H groups in total. The van der Waals surface area contributed by atoms with Crippen molar-refractivity contribution in [2.24, 2.45) is 0 Å². The fourth-order valence-electron chi connectivity index (χ4n) is 1.79. The van der Waals surface area contributed by atoms with E-state index in [9.17, 15) is 4.79 Å². The normalized spacial score (nSPS) is 14.6. The first-order valence-corrected chi connectivity index (χ1v) is 7.36. The highest BCUT2D eigenvalue weighted by molar-refractivity contribution is 8.00. The zero-order chi connectivity index (χ0) is 13.0. The third kappa shape index (κ3) is 3.64. The first kappa shape index (κ1) is 13.7. The van der Waals surface area contributed by atoms with Gasteiger partial charge in [0.05, 0.1) is 17.4 Å². The fraction of sp³-hybridized carbons (Fsp3) is 0.462. The Morgan fingerprint density at radius 2 is 2.17 bits per heavy atom. The van der Waals surface area contributed by atoms with Gasteiger partial charge in [-0.15, -0.1) is 11.8 Å². The Bertz CT molecular complexity index is 423. The number of rotatable bonds is 6. The van der Waals surface area contributed by atoms with Crippen LogP contribution in [0.5, 0.6) is 0 Å². The monoisotopic (exact) mass is 285 g/mol. The Morgan fingerprint density at radius 1 is 1.44 bits per heavy atom. The van der Waals surface area contributed by atoms with E-state index in [1.807, 2.05) is 24.3 Å². The molecule has 0 aromatic heterocycles. The summed E-state index contributed by atoms with van der Waals surface area (Å²) in [6.07, 6.45) is 2.12. The van der Waals surface area contributed by atoms with Gasteiger partial charge >= 0.3 is 0 Å². The van der Waals surface area contributed by atoms with Gasteiger partial charge in [0, 0.05) is 17.5 Å². The lowest BCUT2D eigenvalue weighted by atomic mass is 10.4. The summed E-state index contributed by atoms with van der Waals surface area (Å²) < 4.78 is 0. The first-order chi connectivity index (χ1) is 8.72. The van der Waals surface area contributed by atoms with Crippen LogP contribution in [0.1, 0.15) is 12.8 Å². The van der Waals surface area contributed by atoms with E-state index in [0.717, 1.165) is 17.7 Å². The standard InChI is InChI=1S/C13H16ClNO2S/c14-11-3-1-2-4-12(11)18-9-13(17)15(7-8-16)10-5-6-10/h1-4,10,16H,5-9H2. The van der Waals surface area contributed by atoms with E-state index in [2.05, 4.69) is 0 Å². The van der Waals surface area contributed by atoms with E-state index < -0.39 is 0 Å². The van der Waals surface area contributed by atoms with Crippen LogP contribution in [0, 0.1) is 0 Å². The number of nitrogens with zero attached hydrogens (tertiary/aromatic N) is 1. The summed E-state index contributed by atoms with van der Waals surface area (Å²) in [6.45, 7) is 0.464. The largest absolute Gasteiger partial charge is 0.395 e. The molecule has 98 valence electrons. The van der Waals surface area contributed by atoms with Crippen molar-refractivity contribution in [3.8, 4) is 0 Å². The molecule has 1 aliphatic rings. The second-order valence-electron chi connectivity index (χ2n) is 4.26. The lowest BCUT2D eigenvalue weighted by molar-refractivity contribution is -0.129. The summed E-state index contributed by atoms with van der Waals surface area (Å²) in [7, 11) is 0. The molecule has 0 heterocycles. The lowest BCUT2D eigenvalue weighted by Crippen LogP contribution is -2.36. The maximum atomic E-state index is 12.1. The number of aliphatic hydroxyl groups is 1. The molecular weight excluding hydrogens is 270 g/mol. The molecule has 0 atom stereocenters. The number of hydrogen-bond acceptors (Lipinski definition) is 3. The molecule has 0 unspecified atom stereocenters. The zero-order valence-corrected chi connectivity index (χ0v) is 11.6. The number of carbonyl (C=O) groups excluding carboxylic acids is 1. The van der Waals surface area contributed by atoms with Gasteiger partial charge in [-0.05, 0) is 25.0 Å². The molecule has 1 fully saturated rings. The Balaban J connectivity index is 1.89. The van der Waals surface area contributed by atoms with Gasteiger partial charge in [0.15, 0.2) is 0 Å². The number of thioether (sulfide) groups is 1. The minimum atomic E-state index is 0.0268.